The van der Waals surface area contributed by atoms with Crippen LogP contribution < -0.4 is 0 Å². The molecule has 3 heteroatoms. The SMILES string of the molecule is CC(=O)OC[C@H](CSc1ccccc1)Cc1ccccc1. The van der Waals surface area contributed by atoms with E-state index in [0.717, 1.165) is 12.2 Å². The van der Waals surface area contributed by atoms with Gasteiger partial charge in [-0.05, 0) is 24.1 Å². The molecule has 0 aromatic heterocycles. The van der Waals surface area contributed by atoms with E-state index in [4.69, 9.17) is 4.74 Å². The van der Waals surface area contributed by atoms with Crippen molar-refractivity contribution in [3.05, 3.63) is 66.2 Å². The van der Waals surface area contributed by atoms with E-state index in [-0.39, 0.29) is 5.97 Å². The number of ether oxygens (including phenoxy) is 1. The maximum Gasteiger partial charge on any atom is 0.302 e. The zero-order valence-electron chi connectivity index (χ0n) is 12.2. The van der Waals surface area contributed by atoms with Crippen molar-refractivity contribution in [2.45, 2.75) is 18.2 Å². The monoisotopic (exact) mass is 300 g/mol. The highest BCUT2D eigenvalue weighted by Gasteiger charge is 2.12. The maximum absolute atomic E-state index is 11.0. The van der Waals surface area contributed by atoms with Crippen molar-refractivity contribution < 1.29 is 9.53 Å². The van der Waals surface area contributed by atoms with Crippen LogP contribution in [0.4, 0.5) is 0 Å². The van der Waals surface area contributed by atoms with E-state index in [1.54, 1.807) is 0 Å². The molecule has 0 amide bonds. The first kappa shape index (κ1) is 15.6. The Kier molecular flexibility index (Phi) is 6.35. The summed E-state index contributed by atoms with van der Waals surface area (Å²) in [5.41, 5.74) is 1.28. The summed E-state index contributed by atoms with van der Waals surface area (Å²) in [5.74, 6) is 1.05. The van der Waals surface area contributed by atoms with Crippen molar-refractivity contribution in [1.29, 1.82) is 0 Å². The summed E-state index contributed by atoms with van der Waals surface area (Å²) >= 11 is 1.81. The second-order valence-electron chi connectivity index (χ2n) is 4.98. The highest BCUT2D eigenvalue weighted by atomic mass is 32.2. The van der Waals surface area contributed by atoms with Crippen molar-refractivity contribution in [2.24, 2.45) is 5.92 Å². The highest BCUT2D eigenvalue weighted by molar-refractivity contribution is 7.99. The lowest BCUT2D eigenvalue weighted by Crippen LogP contribution is -2.17. The topological polar surface area (TPSA) is 26.3 Å². The fourth-order valence-corrected chi connectivity index (χ4v) is 3.07. The standard InChI is InChI=1S/C18H20O2S/c1-15(19)20-13-17(12-16-8-4-2-5-9-16)14-21-18-10-6-3-7-11-18/h2-11,17H,12-14H2,1H3/t17-/m1/s1. The van der Waals surface area contributed by atoms with Gasteiger partial charge in [0.15, 0.2) is 0 Å². The van der Waals surface area contributed by atoms with Crippen LogP contribution in [0.1, 0.15) is 12.5 Å². The molecular formula is C18H20O2S. The molecule has 0 heterocycles. The zero-order valence-corrected chi connectivity index (χ0v) is 13.0. The number of benzene rings is 2. The van der Waals surface area contributed by atoms with E-state index in [0.29, 0.717) is 12.5 Å². The molecule has 0 N–H and O–H groups in total. The smallest absolute Gasteiger partial charge is 0.302 e. The number of carbonyl (C=O) groups excluding carboxylic acids is 1. The third-order valence-corrected chi connectivity index (χ3v) is 4.36. The minimum atomic E-state index is -0.210. The van der Waals surface area contributed by atoms with Crippen LogP contribution in [0.15, 0.2) is 65.6 Å². The molecule has 1 atom stereocenters. The van der Waals surface area contributed by atoms with Gasteiger partial charge in [0.05, 0.1) is 6.61 Å². The van der Waals surface area contributed by atoms with Crippen molar-refractivity contribution in [1.82, 2.24) is 0 Å². The molecule has 0 saturated carbocycles. The number of hydrogen-bond donors (Lipinski definition) is 0. The van der Waals surface area contributed by atoms with Crippen LogP contribution in [0.25, 0.3) is 0 Å². The second kappa shape index (κ2) is 8.53. The molecule has 0 aliphatic carbocycles. The normalized spacial score (nSPS) is 11.9. The van der Waals surface area contributed by atoms with E-state index in [1.165, 1.54) is 17.4 Å². The first-order chi connectivity index (χ1) is 10.2. The van der Waals surface area contributed by atoms with Crippen LogP contribution in [-0.2, 0) is 16.0 Å². The van der Waals surface area contributed by atoms with Gasteiger partial charge >= 0.3 is 5.97 Å². The van der Waals surface area contributed by atoms with Crippen LogP contribution in [0.5, 0.6) is 0 Å². The molecule has 0 unspecified atom stereocenters. The lowest BCUT2D eigenvalue weighted by atomic mass is 10.0. The number of thioether (sulfide) groups is 1. The summed E-state index contributed by atoms with van der Waals surface area (Å²) in [5, 5.41) is 0. The summed E-state index contributed by atoms with van der Waals surface area (Å²) < 4.78 is 5.21. The zero-order chi connectivity index (χ0) is 14.9. The quantitative estimate of drug-likeness (QED) is 0.566. The number of esters is 1. The third-order valence-electron chi connectivity index (χ3n) is 3.12. The lowest BCUT2D eigenvalue weighted by Gasteiger charge is -2.16. The molecule has 21 heavy (non-hydrogen) atoms. The van der Waals surface area contributed by atoms with Gasteiger partial charge in [0, 0.05) is 23.5 Å². The number of rotatable bonds is 7. The number of carbonyl (C=O) groups is 1. The van der Waals surface area contributed by atoms with Gasteiger partial charge in [-0.2, -0.15) is 0 Å². The van der Waals surface area contributed by atoms with Crippen LogP contribution in [0.2, 0.25) is 0 Å². The van der Waals surface area contributed by atoms with Crippen molar-refractivity contribution >= 4 is 17.7 Å². The Hall–Kier alpha value is -1.74. The fourth-order valence-electron chi connectivity index (χ4n) is 2.08. The molecule has 0 aliphatic heterocycles. The first-order valence-corrected chi connectivity index (χ1v) is 8.07. The van der Waals surface area contributed by atoms with Crippen LogP contribution >= 0.6 is 11.8 Å². The summed E-state index contributed by atoms with van der Waals surface area (Å²) in [7, 11) is 0. The predicted octanol–water partition coefficient (Wildman–Crippen LogP) is 4.20. The Bertz CT molecular complexity index is 540. The minimum Gasteiger partial charge on any atom is -0.466 e. The van der Waals surface area contributed by atoms with Gasteiger partial charge in [-0.25, -0.2) is 0 Å². The van der Waals surface area contributed by atoms with Crippen molar-refractivity contribution in [3.63, 3.8) is 0 Å². The molecular weight excluding hydrogens is 280 g/mol. The third kappa shape index (κ3) is 6.05. The van der Waals surface area contributed by atoms with Crippen LogP contribution in [-0.4, -0.2) is 18.3 Å². The molecule has 2 aromatic rings. The largest absolute Gasteiger partial charge is 0.466 e. The van der Waals surface area contributed by atoms with Crippen molar-refractivity contribution in [3.8, 4) is 0 Å². The van der Waals surface area contributed by atoms with Gasteiger partial charge in [0.25, 0.3) is 0 Å². The Balaban J connectivity index is 1.93. The molecule has 0 saturated heterocycles. The summed E-state index contributed by atoms with van der Waals surface area (Å²) in [6, 6.07) is 20.7. The molecule has 2 nitrogen and oxygen atoms in total. The molecule has 110 valence electrons. The number of hydrogen-bond acceptors (Lipinski definition) is 3. The molecule has 2 aromatic carbocycles. The Morgan fingerprint density at radius 3 is 2.29 bits per heavy atom. The average molecular weight is 300 g/mol. The molecule has 0 bridgehead atoms. The van der Waals surface area contributed by atoms with Gasteiger partial charge in [-0.3, -0.25) is 4.79 Å². The van der Waals surface area contributed by atoms with E-state index < -0.39 is 0 Å². The van der Waals surface area contributed by atoms with Crippen molar-refractivity contribution in [2.75, 3.05) is 12.4 Å². The van der Waals surface area contributed by atoms with Gasteiger partial charge in [0.2, 0.25) is 0 Å². The lowest BCUT2D eigenvalue weighted by molar-refractivity contribution is -0.142. The predicted molar refractivity (Wildman–Crippen MR) is 87.4 cm³/mol. The summed E-state index contributed by atoms with van der Waals surface area (Å²) in [6.07, 6.45) is 0.925. The minimum absolute atomic E-state index is 0.210. The van der Waals surface area contributed by atoms with Gasteiger partial charge < -0.3 is 4.74 Å². The Morgan fingerprint density at radius 2 is 1.67 bits per heavy atom. The van der Waals surface area contributed by atoms with Crippen LogP contribution in [0, 0.1) is 5.92 Å². The molecule has 2 rings (SSSR count). The molecule has 0 radical (unpaired) electrons. The van der Waals surface area contributed by atoms with Crippen LogP contribution in [0.3, 0.4) is 0 Å². The average Bonchev–Trinajstić information content (AvgIpc) is 2.52. The Labute approximate surface area is 130 Å². The maximum atomic E-state index is 11.0. The summed E-state index contributed by atoms with van der Waals surface area (Å²) in [4.78, 5) is 12.3. The molecule has 0 fully saturated rings. The van der Waals surface area contributed by atoms with Gasteiger partial charge in [-0.1, -0.05) is 48.5 Å². The van der Waals surface area contributed by atoms with E-state index >= 15 is 0 Å². The van der Waals surface area contributed by atoms with E-state index in [9.17, 15) is 4.79 Å². The first-order valence-electron chi connectivity index (χ1n) is 7.09. The molecule has 0 spiro atoms. The fraction of sp³-hybridized carbons (Fsp3) is 0.278. The molecule has 0 aliphatic rings. The van der Waals surface area contributed by atoms with E-state index in [1.807, 2.05) is 48.2 Å². The summed E-state index contributed by atoms with van der Waals surface area (Å²) in [6.45, 7) is 1.94. The van der Waals surface area contributed by atoms with E-state index in [2.05, 4.69) is 24.3 Å². The highest BCUT2D eigenvalue weighted by Crippen LogP contribution is 2.22. The second-order valence-corrected chi connectivity index (χ2v) is 6.08. The van der Waals surface area contributed by atoms with Gasteiger partial charge in [-0.15, -0.1) is 11.8 Å². The van der Waals surface area contributed by atoms with Gasteiger partial charge in [0.1, 0.15) is 0 Å². The Morgan fingerprint density at radius 1 is 1.05 bits per heavy atom.